The van der Waals surface area contributed by atoms with Gasteiger partial charge in [-0.15, -0.1) is 0 Å². The molecule has 5 nitrogen and oxygen atoms in total. The quantitative estimate of drug-likeness (QED) is 0.843. The molecule has 0 radical (unpaired) electrons. The van der Waals surface area contributed by atoms with Crippen LogP contribution in [0.4, 0.5) is 14.5 Å². The first kappa shape index (κ1) is 19.1. The number of hydrogen-bond donors (Lipinski definition) is 1. The van der Waals surface area contributed by atoms with Crippen LogP contribution in [0.3, 0.4) is 0 Å². The van der Waals surface area contributed by atoms with Crippen LogP contribution in [0.25, 0.3) is 0 Å². The maximum Gasteiger partial charge on any atom is 0.251 e. The number of rotatable bonds is 6. The summed E-state index contributed by atoms with van der Waals surface area (Å²) in [5, 5.41) is 2.75. The summed E-state index contributed by atoms with van der Waals surface area (Å²) in [6.07, 6.45) is 0. The second kappa shape index (κ2) is 8.81. The molecule has 144 valence electrons. The van der Waals surface area contributed by atoms with Crippen LogP contribution in [0, 0.1) is 11.6 Å². The molecule has 0 saturated carbocycles. The topological polar surface area (TPSA) is 44.8 Å². The van der Waals surface area contributed by atoms with Crippen molar-refractivity contribution in [2.24, 2.45) is 0 Å². The lowest BCUT2D eigenvalue weighted by Crippen LogP contribution is -2.48. The van der Waals surface area contributed by atoms with Gasteiger partial charge in [0.15, 0.2) is 11.6 Å². The highest BCUT2D eigenvalue weighted by Gasteiger charge is 2.17. The van der Waals surface area contributed by atoms with E-state index in [-0.39, 0.29) is 5.56 Å². The average Bonchev–Trinajstić information content (AvgIpc) is 2.70. The minimum absolute atomic E-state index is 0.123. The Labute approximate surface area is 157 Å². The second-order valence-corrected chi connectivity index (χ2v) is 6.41. The summed E-state index contributed by atoms with van der Waals surface area (Å²) in [6, 6.07) is 11.2. The molecule has 1 amide bonds. The van der Waals surface area contributed by atoms with E-state index in [2.05, 4.69) is 27.2 Å². The van der Waals surface area contributed by atoms with E-state index in [9.17, 15) is 13.6 Å². The number of hydrogen-bond acceptors (Lipinski definition) is 4. The summed E-state index contributed by atoms with van der Waals surface area (Å²) in [7, 11) is 1.65. The summed E-state index contributed by atoms with van der Waals surface area (Å²) in [6.45, 7) is 4.78. The van der Waals surface area contributed by atoms with Crippen molar-refractivity contribution in [2.75, 3.05) is 51.3 Å². The van der Waals surface area contributed by atoms with Crippen molar-refractivity contribution in [2.45, 2.75) is 0 Å². The van der Waals surface area contributed by atoms with E-state index in [0.29, 0.717) is 13.1 Å². The van der Waals surface area contributed by atoms with Crippen molar-refractivity contribution < 1.29 is 18.3 Å². The summed E-state index contributed by atoms with van der Waals surface area (Å²) in [4.78, 5) is 16.6. The van der Waals surface area contributed by atoms with Crippen LogP contribution in [-0.2, 0) is 0 Å². The normalized spacial score (nSPS) is 14.9. The van der Waals surface area contributed by atoms with Crippen LogP contribution in [0.15, 0.2) is 42.5 Å². The van der Waals surface area contributed by atoms with Gasteiger partial charge >= 0.3 is 0 Å². The third kappa shape index (κ3) is 4.95. The Kier molecular flexibility index (Phi) is 6.24. The molecule has 2 aromatic carbocycles. The van der Waals surface area contributed by atoms with E-state index < -0.39 is 17.5 Å². The lowest BCUT2D eigenvalue weighted by Gasteiger charge is -2.36. The molecular formula is C20H23F2N3O2. The Morgan fingerprint density at radius 1 is 1.04 bits per heavy atom. The number of halogens is 2. The summed E-state index contributed by atoms with van der Waals surface area (Å²) >= 11 is 0. The molecule has 3 rings (SSSR count). The largest absolute Gasteiger partial charge is 0.497 e. The highest BCUT2D eigenvalue weighted by molar-refractivity contribution is 5.94. The lowest BCUT2D eigenvalue weighted by molar-refractivity contribution is 0.0947. The highest BCUT2D eigenvalue weighted by Crippen LogP contribution is 2.20. The first-order valence-corrected chi connectivity index (χ1v) is 8.91. The van der Waals surface area contributed by atoms with Gasteiger partial charge in [-0.25, -0.2) is 8.78 Å². The number of amides is 1. The maximum atomic E-state index is 13.2. The van der Waals surface area contributed by atoms with Crippen LogP contribution < -0.4 is 15.0 Å². The van der Waals surface area contributed by atoms with Crippen LogP contribution in [-0.4, -0.2) is 57.2 Å². The minimum Gasteiger partial charge on any atom is -0.497 e. The van der Waals surface area contributed by atoms with E-state index in [0.717, 1.165) is 44.1 Å². The van der Waals surface area contributed by atoms with Gasteiger partial charge in [-0.3, -0.25) is 9.69 Å². The predicted molar refractivity (Wildman–Crippen MR) is 100 cm³/mol. The van der Waals surface area contributed by atoms with E-state index >= 15 is 0 Å². The fraction of sp³-hybridized carbons (Fsp3) is 0.350. The lowest BCUT2D eigenvalue weighted by atomic mass is 10.2. The first-order valence-electron chi connectivity index (χ1n) is 8.91. The van der Waals surface area contributed by atoms with Crippen LogP contribution in [0.5, 0.6) is 5.75 Å². The van der Waals surface area contributed by atoms with E-state index in [1.165, 1.54) is 11.8 Å². The first-order chi connectivity index (χ1) is 13.1. The molecule has 7 heteroatoms. The smallest absolute Gasteiger partial charge is 0.251 e. The molecule has 27 heavy (non-hydrogen) atoms. The second-order valence-electron chi connectivity index (χ2n) is 6.41. The number of carbonyl (C=O) groups is 1. The number of nitrogens with zero attached hydrogens (tertiary/aromatic N) is 2. The van der Waals surface area contributed by atoms with Crippen molar-refractivity contribution in [1.82, 2.24) is 10.2 Å². The molecule has 1 N–H and O–H groups in total. The van der Waals surface area contributed by atoms with Crippen molar-refractivity contribution in [3.63, 3.8) is 0 Å². The molecule has 2 aromatic rings. The number of ether oxygens (including phenoxy) is 1. The van der Waals surface area contributed by atoms with Gasteiger partial charge in [-0.05, 0) is 42.5 Å². The van der Waals surface area contributed by atoms with Crippen molar-refractivity contribution in [3.05, 3.63) is 59.7 Å². The molecule has 0 unspecified atom stereocenters. The predicted octanol–water partition coefficient (Wildman–Crippen LogP) is 2.53. The van der Waals surface area contributed by atoms with Gasteiger partial charge in [0.2, 0.25) is 0 Å². The van der Waals surface area contributed by atoms with Gasteiger partial charge < -0.3 is 15.0 Å². The monoisotopic (exact) mass is 375 g/mol. The summed E-state index contributed by atoms with van der Waals surface area (Å²) in [5.74, 6) is -1.53. The molecule has 0 aromatic heterocycles. The van der Waals surface area contributed by atoms with E-state index in [4.69, 9.17) is 4.74 Å². The van der Waals surface area contributed by atoms with Crippen LogP contribution in [0.1, 0.15) is 10.4 Å². The molecule has 1 aliphatic heterocycles. The minimum atomic E-state index is -1.02. The Hall–Kier alpha value is -2.67. The Balaban J connectivity index is 1.41. The highest BCUT2D eigenvalue weighted by atomic mass is 19.2. The van der Waals surface area contributed by atoms with Gasteiger partial charge in [-0.2, -0.15) is 0 Å². The zero-order valence-electron chi connectivity index (χ0n) is 15.3. The van der Waals surface area contributed by atoms with Gasteiger partial charge in [-0.1, -0.05) is 0 Å². The fourth-order valence-electron chi connectivity index (χ4n) is 3.09. The van der Waals surface area contributed by atoms with Gasteiger partial charge in [0.05, 0.1) is 7.11 Å². The molecular weight excluding hydrogens is 352 g/mol. The van der Waals surface area contributed by atoms with Gasteiger partial charge in [0, 0.05) is 50.5 Å². The standard InChI is InChI=1S/C20H23F2N3O2/c1-27-17-5-3-16(4-6-17)25-12-10-24(11-13-25)9-8-23-20(26)15-2-7-18(21)19(22)14-15/h2-7,14H,8-13H2,1H3,(H,23,26). The fourth-order valence-corrected chi connectivity index (χ4v) is 3.09. The van der Waals surface area contributed by atoms with Crippen LogP contribution >= 0.6 is 0 Å². The number of methoxy groups -OCH3 is 1. The van der Waals surface area contributed by atoms with Gasteiger partial charge in [0.1, 0.15) is 5.75 Å². The zero-order valence-corrected chi connectivity index (χ0v) is 15.3. The summed E-state index contributed by atoms with van der Waals surface area (Å²) < 4.78 is 31.3. The van der Waals surface area contributed by atoms with Crippen molar-refractivity contribution in [3.8, 4) is 5.75 Å². The van der Waals surface area contributed by atoms with Crippen LogP contribution in [0.2, 0.25) is 0 Å². The number of benzene rings is 2. The number of nitrogens with one attached hydrogen (secondary N) is 1. The van der Waals surface area contributed by atoms with Gasteiger partial charge in [0.25, 0.3) is 5.91 Å². The molecule has 1 saturated heterocycles. The van der Waals surface area contributed by atoms with E-state index in [1.807, 2.05) is 12.1 Å². The number of piperazine rings is 1. The SMILES string of the molecule is COc1ccc(N2CCN(CCNC(=O)c3ccc(F)c(F)c3)CC2)cc1. The number of carbonyl (C=O) groups excluding carboxylic acids is 1. The van der Waals surface area contributed by atoms with E-state index in [1.54, 1.807) is 7.11 Å². The molecule has 0 spiro atoms. The molecule has 0 bridgehead atoms. The number of anilines is 1. The Morgan fingerprint density at radius 2 is 1.74 bits per heavy atom. The van der Waals surface area contributed by atoms with Crippen molar-refractivity contribution >= 4 is 11.6 Å². The average molecular weight is 375 g/mol. The molecule has 0 aliphatic carbocycles. The third-order valence-corrected chi connectivity index (χ3v) is 4.71. The Morgan fingerprint density at radius 3 is 2.37 bits per heavy atom. The molecule has 1 heterocycles. The molecule has 1 fully saturated rings. The third-order valence-electron chi connectivity index (χ3n) is 4.71. The molecule has 1 aliphatic rings. The molecule has 0 atom stereocenters. The maximum absolute atomic E-state index is 13.2. The zero-order chi connectivity index (χ0) is 19.2. The summed E-state index contributed by atoms with van der Waals surface area (Å²) in [5.41, 5.74) is 1.29. The van der Waals surface area contributed by atoms with Crippen molar-refractivity contribution in [1.29, 1.82) is 0 Å². The Bertz CT molecular complexity index is 775.